The zero-order valence-electron chi connectivity index (χ0n) is 10.1. The zero-order chi connectivity index (χ0) is 13.1. The topological polar surface area (TPSA) is 17.8 Å². The fraction of sp³-hybridized carbons (Fsp3) is 0.214. The van der Waals surface area contributed by atoms with Crippen molar-refractivity contribution in [1.82, 2.24) is 9.78 Å². The van der Waals surface area contributed by atoms with Crippen molar-refractivity contribution in [2.24, 2.45) is 0 Å². The molecule has 4 heteroatoms. The van der Waals surface area contributed by atoms with Crippen LogP contribution in [0.25, 0.3) is 0 Å². The molecule has 0 radical (unpaired) electrons. The first-order chi connectivity index (χ1) is 8.63. The number of aromatic nitrogens is 2. The van der Waals surface area contributed by atoms with Gasteiger partial charge in [0.05, 0.1) is 17.8 Å². The quantitative estimate of drug-likeness (QED) is 0.754. The largest absolute Gasteiger partial charge is 0.264 e. The lowest BCUT2D eigenvalue weighted by Crippen LogP contribution is -2.08. The van der Waals surface area contributed by atoms with Crippen molar-refractivity contribution < 1.29 is 0 Å². The molecule has 0 saturated heterocycles. The van der Waals surface area contributed by atoms with Gasteiger partial charge in [0.25, 0.3) is 0 Å². The van der Waals surface area contributed by atoms with E-state index in [1.54, 1.807) is 13.1 Å². The maximum absolute atomic E-state index is 6.19. The normalized spacial score (nSPS) is 11.8. The zero-order valence-corrected chi connectivity index (χ0v) is 11.6. The van der Waals surface area contributed by atoms with Crippen molar-refractivity contribution in [3.8, 4) is 11.8 Å². The van der Waals surface area contributed by atoms with Crippen LogP contribution in [0, 0.1) is 11.8 Å². The Morgan fingerprint density at radius 3 is 2.56 bits per heavy atom. The van der Waals surface area contributed by atoms with Gasteiger partial charge in [0.15, 0.2) is 0 Å². The van der Waals surface area contributed by atoms with Crippen LogP contribution in [0.1, 0.15) is 31.0 Å². The van der Waals surface area contributed by atoms with Gasteiger partial charge in [-0.05, 0) is 26.0 Å². The molecule has 0 N–H and O–H groups in total. The van der Waals surface area contributed by atoms with Crippen molar-refractivity contribution in [1.29, 1.82) is 0 Å². The number of benzene rings is 1. The first-order valence-electron chi connectivity index (χ1n) is 5.54. The van der Waals surface area contributed by atoms with E-state index in [9.17, 15) is 0 Å². The fourth-order valence-corrected chi connectivity index (χ4v) is 2.51. The Labute approximate surface area is 117 Å². The predicted octanol–water partition coefficient (Wildman–Crippen LogP) is 4.17. The Bertz CT molecular complexity index is 600. The van der Waals surface area contributed by atoms with Gasteiger partial charge in [-0.1, -0.05) is 35.2 Å². The first-order valence-corrected chi connectivity index (χ1v) is 6.30. The standard InChI is InChI=1S/C14H12Cl2N2/c1-3-5-11-8-17-18(9-11)10(2)14-12(15)6-4-7-13(14)16/h4,6-10H,1-2H3. The van der Waals surface area contributed by atoms with Crippen LogP contribution in [-0.2, 0) is 0 Å². The van der Waals surface area contributed by atoms with Gasteiger partial charge in [0, 0.05) is 21.8 Å². The molecule has 92 valence electrons. The highest BCUT2D eigenvalue weighted by atomic mass is 35.5. The van der Waals surface area contributed by atoms with Crippen LogP contribution in [0.2, 0.25) is 10.0 Å². The Hall–Kier alpha value is -1.43. The van der Waals surface area contributed by atoms with Gasteiger partial charge < -0.3 is 0 Å². The molecule has 0 aliphatic heterocycles. The van der Waals surface area contributed by atoms with E-state index < -0.39 is 0 Å². The minimum Gasteiger partial charge on any atom is -0.264 e. The van der Waals surface area contributed by atoms with E-state index in [1.165, 1.54) is 0 Å². The van der Waals surface area contributed by atoms with Crippen LogP contribution in [0.15, 0.2) is 30.6 Å². The minimum absolute atomic E-state index is 0.0291. The summed E-state index contributed by atoms with van der Waals surface area (Å²) in [5, 5.41) is 5.58. The lowest BCUT2D eigenvalue weighted by atomic mass is 10.1. The molecule has 1 heterocycles. The molecule has 0 amide bonds. The molecule has 2 aromatic rings. The minimum atomic E-state index is -0.0291. The molecule has 1 aromatic carbocycles. The van der Waals surface area contributed by atoms with Gasteiger partial charge in [0.1, 0.15) is 0 Å². The van der Waals surface area contributed by atoms with Crippen LogP contribution in [-0.4, -0.2) is 9.78 Å². The molecular weight excluding hydrogens is 267 g/mol. The second kappa shape index (κ2) is 5.48. The third-order valence-electron chi connectivity index (χ3n) is 2.69. The van der Waals surface area contributed by atoms with Crippen molar-refractivity contribution in [3.05, 3.63) is 51.8 Å². The van der Waals surface area contributed by atoms with E-state index in [0.29, 0.717) is 10.0 Å². The SMILES string of the molecule is CC#Cc1cnn(C(C)c2c(Cl)cccc2Cl)c1. The Morgan fingerprint density at radius 1 is 1.28 bits per heavy atom. The predicted molar refractivity (Wildman–Crippen MR) is 75.1 cm³/mol. The molecule has 2 nitrogen and oxygen atoms in total. The van der Waals surface area contributed by atoms with E-state index in [2.05, 4.69) is 16.9 Å². The van der Waals surface area contributed by atoms with Crippen molar-refractivity contribution in [2.75, 3.05) is 0 Å². The van der Waals surface area contributed by atoms with E-state index in [1.807, 2.05) is 36.0 Å². The van der Waals surface area contributed by atoms with E-state index >= 15 is 0 Å². The summed E-state index contributed by atoms with van der Waals surface area (Å²) in [7, 11) is 0. The summed E-state index contributed by atoms with van der Waals surface area (Å²) in [6.45, 7) is 3.80. The maximum atomic E-state index is 6.19. The van der Waals surface area contributed by atoms with E-state index in [-0.39, 0.29) is 6.04 Å². The molecule has 1 atom stereocenters. The summed E-state index contributed by atoms with van der Waals surface area (Å²) >= 11 is 12.4. The van der Waals surface area contributed by atoms with Crippen LogP contribution < -0.4 is 0 Å². The summed E-state index contributed by atoms with van der Waals surface area (Å²) in [5.41, 5.74) is 1.76. The molecule has 0 bridgehead atoms. The van der Waals surface area contributed by atoms with Crippen LogP contribution >= 0.6 is 23.2 Å². The van der Waals surface area contributed by atoms with Gasteiger partial charge in [-0.3, -0.25) is 4.68 Å². The van der Waals surface area contributed by atoms with Crippen molar-refractivity contribution in [3.63, 3.8) is 0 Å². The third-order valence-corrected chi connectivity index (χ3v) is 3.34. The van der Waals surface area contributed by atoms with Gasteiger partial charge in [-0.15, -0.1) is 5.92 Å². The van der Waals surface area contributed by atoms with Gasteiger partial charge in [-0.25, -0.2) is 0 Å². The Morgan fingerprint density at radius 2 is 1.94 bits per heavy atom. The number of halogens is 2. The highest BCUT2D eigenvalue weighted by molar-refractivity contribution is 6.36. The van der Waals surface area contributed by atoms with E-state index in [4.69, 9.17) is 23.2 Å². The highest BCUT2D eigenvalue weighted by Gasteiger charge is 2.15. The molecule has 1 aromatic heterocycles. The summed E-state index contributed by atoms with van der Waals surface area (Å²) in [5.74, 6) is 5.81. The van der Waals surface area contributed by atoms with Gasteiger partial charge >= 0.3 is 0 Å². The van der Waals surface area contributed by atoms with Gasteiger partial charge in [0.2, 0.25) is 0 Å². The number of rotatable bonds is 2. The van der Waals surface area contributed by atoms with Crippen LogP contribution in [0.3, 0.4) is 0 Å². The molecule has 2 rings (SSSR count). The van der Waals surface area contributed by atoms with Gasteiger partial charge in [-0.2, -0.15) is 5.10 Å². The molecule has 0 fully saturated rings. The fourth-order valence-electron chi connectivity index (χ4n) is 1.80. The molecule has 0 aliphatic carbocycles. The molecule has 0 spiro atoms. The first kappa shape index (κ1) is 13.0. The molecule has 1 unspecified atom stereocenters. The Balaban J connectivity index is 2.40. The summed E-state index contributed by atoms with van der Waals surface area (Å²) in [6, 6.07) is 5.46. The second-order valence-electron chi connectivity index (χ2n) is 3.90. The monoisotopic (exact) mass is 278 g/mol. The van der Waals surface area contributed by atoms with Crippen molar-refractivity contribution >= 4 is 23.2 Å². The number of nitrogens with zero attached hydrogens (tertiary/aromatic N) is 2. The average molecular weight is 279 g/mol. The van der Waals surface area contributed by atoms with Crippen LogP contribution in [0.4, 0.5) is 0 Å². The summed E-state index contributed by atoms with van der Waals surface area (Å²) < 4.78 is 1.81. The summed E-state index contributed by atoms with van der Waals surface area (Å²) in [4.78, 5) is 0. The number of hydrogen-bond acceptors (Lipinski definition) is 1. The molecule has 0 aliphatic rings. The number of hydrogen-bond donors (Lipinski definition) is 0. The molecular formula is C14H12Cl2N2. The summed E-state index contributed by atoms with van der Waals surface area (Å²) in [6.07, 6.45) is 3.62. The van der Waals surface area contributed by atoms with E-state index in [0.717, 1.165) is 11.1 Å². The molecule has 18 heavy (non-hydrogen) atoms. The smallest absolute Gasteiger partial charge is 0.0769 e. The lowest BCUT2D eigenvalue weighted by Gasteiger charge is -2.15. The molecule has 0 saturated carbocycles. The third kappa shape index (κ3) is 2.53. The average Bonchev–Trinajstić information content (AvgIpc) is 2.78. The Kier molecular flexibility index (Phi) is 3.96. The van der Waals surface area contributed by atoms with Crippen molar-refractivity contribution in [2.45, 2.75) is 19.9 Å². The maximum Gasteiger partial charge on any atom is 0.0769 e. The lowest BCUT2D eigenvalue weighted by molar-refractivity contribution is 0.565. The highest BCUT2D eigenvalue weighted by Crippen LogP contribution is 2.31. The second-order valence-corrected chi connectivity index (χ2v) is 4.71. The van der Waals surface area contributed by atoms with Crippen LogP contribution in [0.5, 0.6) is 0 Å².